The fourth-order valence-electron chi connectivity index (χ4n) is 4.47. The van der Waals surface area contributed by atoms with E-state index in [9.17, 15) is 4.79 Å². The molecule has 0 spiro atoms. The van der Waals surface area contributed by atoms with Crippen LogP contribution in [0.1, 0.15) is 57.1 Å². The Kier molecular flexibility index (Phi) is 6.41. The first kappa shape index (κ1) is 19.0. The van der Waals surface area contributed by atoms with Crippen LogP contribution in [0.4, 0.5) is 0 Å². The quantitative estimate of drug-likeness (QED) is 0.777. The molecule has 5 heteroatoms. The molecule has 0 radical (unpaired) electrons. The maximum absolute atomic E-state index is 13.0. The predicted molar refractivity (Wildman–Crippen MR) is 103 cm³/mol. The van der Waals surface area contributed by atoms with Crippen LogP contribution >= 0.6 is 0 Å². The van der Waals surface area contributed by atoms with Crippen LogP contribution in [-0.2, 0) is 4.79 Å². The van der Waals surface area contributed by atoms with Crippen LogP contribution in [0.15, 0.2) is 18.2 Å². The first-order valence-corrected chi connectivity index (χ1v) is 9.93. The zero-order chi connectivity index (χ0) is 18.5. The van der Waals surface area contributed by atoms with Crippen LogP contribution in [0.25, 0.3) is 0 Å². The summed E-state index contributed by atoms with van der Waals surface area (Å²) >= 11 is 0. The van der Waals surface area contributed by atoms with Gasteiger partial charge in [-0.2, -0.15) is 0 Å². The van der Waals surface area contributed by atoms with E-state index in [-0.39, 0.29) is 6.04 Å². The largest absolute Gasteiger partial charge is 0.493 e. The molecule has 2 fully saturated rings. The SMILES string of the molecule is CCC1CCCCN1C(=O)CN1CCCC1c1ccc(OC)c(OC)c1. The van der Waals surface area contributed by atoms with E-state index < -0.39 is 0 Å². The van der Waals surface area contributed by atoms with E-state index in [0.717, 1.165) is 56.7 Å². The van der Waals surface area contributed by atoms with Crippen molar-refractivity contribution in [2.24, 2.45) is 0 Å². The molecule has 2 heterocycles. The summed E-state index contributed by atoms with van der Waals surface area (Å²) in [6.07, 6.45) is 6.82. The lowest BCUT2D eigenvalue weighted by Crippen LogP contribution is -2.47. The standard InChI is InChI=1S/C21H32N2O3/c1-4-17-8-5-6-13-23(17)21(24)15-22-12-7-9-18(22)16-10-11-19(25-2)20(14-16)26-3/h10-11,14,17-18H,4-9,12-13,15H2,1-3H3. The Morgan fingerprint density at radius 1 is 1.08 bits per heavy atom. The highest BCUT2D eigenvalue weighted by molar-refractivity contribution is 5.78. The van der Waals surface area contributed by atoms with Crippen LogP contribution in [0.2, 0.25) is 0 Å². The average Bonchev–Trinajstić information content (AvgIpc) is 3.15. The van der Waals surface area contributed by atoms with Gasteiger partial charge in [0.1, 0.15) is 0 Å². The molecule has 0 aliphatic carbocycles. The molecule has 3 rings (SSSR count). The second-order valence-electron chi connectivity index (χ2n) is 7.39. The maximum Gasteiger partial charge on any atom is 0.237 e. The van der Waals surface area contributed by atoms with E-state index in [2.05, 4.69) is 28.9 Å². The molecule has 2 unspecified atom stereocenters. The number of benzene rings is 1. The van der Waals surface area contributed by atoms with Crippen LogP contribution in [0.3, 0.4) is 0 Å². The monoisotopic (exact) mass is 360 g/mol. The number of ether oxygens (including phenoxy) is 2. The molecular formula is C21H32N2O3. The maximum atomic E-state index is 13.0. The summed E-state index contributed by atoms with van der Waals surface area (Å²) < 4.78 is 10.8. The van der Waals surface area contributed by atoms with Crippen molar-refractivity contribution in [2.45, 2.75) is 57.5 Å². The number of amides is 1. The van der Waals surface area contributed by atoms with Crippen LogP contribution in [-0.4, -0.2) is 55.6 Å². The molecule has 5 nitrogen and oxygen atoms in total. The van der Waals surface area contributed by atoms with E-state index >= 15 is 0 Å². The second kappa shape index (κ2) is 8.76. The van der Waals surface area contributed by atoms with Gasteiger partial charge < -0.3 is 14.4 Å². The van der Waals surface area contributed by atoms with Gasteiger partial charge in [-0.1, -0.05) is 13.0 Å². The highest BCUT2D eigenvalue weighted by Gasteiger charge is 2.32. The van der Waals surface area contributed by atoms with Crippen molar-refractivity contribution < 1.29 is 14.3 Å². The number of rotatable bonds is 6. The fraction of sp³-hybridized carbons (Fsp3) is 0.667. The van der Waals surface area contributed by atoms with Crippen molar-refractivity contribution in [2.75, 3.05) is 33.9 Å². The summed E-state index contributed by atoms with van der Waals surface area (Å²) in [5.74, 6) is 1.80. The molecule has 1 aromatic carbocycles. The molecule has 0 saturated carbocycles. The third-order valence-electron chi connectivity index (χ3n) is 5.91. The summed E-state index contributed by atoms with van der Waals surface area (Å²) in [5.41, 5.74) is 1.21. The normalized spacial score (nSPS) is 23.9. The van der Waals surface area contributed by atoms with Gasteiger partial charge in [0.05, 0.1) is 20.8 Å². The average molecular weight is 360 g/mol. The van der Waals surface area contributed by atoms with Crippen LogP contribution < -0.4 is 9.47 Å². The number of methoxy groups -OCH3 is 2. The van der Waals surface area contributed by atoms with E-state index in [1.807, 2.05) is 6.07 Å². The lowest BCUT2D eigenvalue weighted by Gasteiger charge is -2.37. The lowest BCUT2D eigenvalue weighted by atomic mass is 9.99. The minimum absolute atomic E-state index is 0.281. The first-order chi connectivity index (χ1) is 12.7. The Morgan fingerprint density at radius 2 is 1.88 bits per heavy atom. The Labute approximate surface area is 157 Å². The number of hydrogen-bond acceptors (Lipinski definition) is 4. The van der Waals surface area contributed by atoms with Gasteiger partial charge in [0, 0.05) is 18.6 Å². The topological polar surface area (TPSA) is 42.0 Å². The van der Waals surface area contributed by atoms with E-state index in [1.54, 1.807) is 14.2 Å². The van der Waals surface area contributed by atoms with Crippen LogP contribution in [0.5, 0.6) is 11.5 Å². The van der Waals surface area contributed by atoms with Gasteiger partial charge in [0.25, 0.3) is 0 Å². The van der Waals surface area contributed by atoms with Gasteiger partial charge in [0.15, 0.2) is 11.5 Å². The highest BCUT2D eigenvalue weighted by atomic mass is 16.5. The Hall–Kier alpha value is -1.75. The molecule has 2 aliphatic heterocycles. The summed E-state index contributed by atoms with van der Waals surface area (Å²) in [6.45, 7) is 4.62. The Bertz CT molecular complexity index is 619. The molecule has 144 valence electrons. The molecular weight excluding hydrogens is 328 g/mol. The minimum Gasteiger partial charge on any atom is -0.493 e. The number of hydrogen-bond donors (Lipinski definition) is 0. The first-order valence-electron chi connectivity index (χ1n) is 9.93. The van der Waals surface area contributed by atoms with Gasteiger partial charge in [0.2, 0.25) is 5.91 Å². The number of carbonyl (C=O) groups excluding carboxylic acids is 1. The smallest absolute Gasteiger partial charge is 0.237 e. The van der Waals surface area contributed by atoms with Crippen molar-refractivity contribution in [3.63, 3.8) is 0 Å². The Morgan fingerprint density at radius 3 is 2.62 bits per heavy atom. The van der Waals surface area contributed by atoms with Crippen molar-refractivity contribution >= 4 is 5.91 Å². The summed E-state index contributed by atoms with van der Waals surface area (Å²) in [5, 5.41) is 0. The van der Waals surface area contributed by atoms with Gasteiger partial charge in [-0.05, 0) is 62.8 Å². The molecule has 1 amide bonds. The van der Waals surface area contributed by atoms with Crippen LogP contribution in [0, 0.1) is 0 Å². The summed E-state index contributed by atoms with van der Waals surface area (Å²) in [4.78, 5) is 17.4. The van der Waals surface area contributed by atoms with Crippen molar-refractivity contribution in [3.8, 4) is 11.5 Å². The van der Waals surface area contributed by atoms with Gasteiger partial charge in [-0.25, -0.2) is 0 Å². The molecule has 26 heavy (non-hydrogen) atoms. The number of piperidine rings is 1. The summed E-state index contributed by atoms with van der Waals surface area (Å²) in [7, 11) is 3.32. The lowest BCUT2D eigenvalue weighted by molar-refractivity contribution is -0.136. The number of carbonyl (C=O) groups is 1. The molecule has 0 bridgehead atoms. The zero-order valence-corrected chi connectivity index (χ0v) is 16.4. The second-order valence-corrected chi connectivity index (χ2v) is 7.39. The van der Waals surface area contributed by atoms with Crippen molar-refractivity contribution in [1.29, 1.82) is 0 Å². The number of nitrogens with zero attached hydrogens (tertiary/aromatic N) is 2. The molecule has 1 aromatic rings. The third kappa shape index (κ3) is 3.98. The molecule has 2 saturated heterocycles. The third-order valence-corrected chi connectivity index (χ3v) is 5.91. The van der Waals surface area contributed by atoms with Crippen molar-refractivity contribution in [3.05, 3.63) is 23.8 Å². The van der Waals surface area contributed by atoms with E-state index in [1.165, 1.54) is 12.0 Å². The minimum atomic E-state index is 0.281. The van der Waals surface area contributed by atoms with Gasteiger partial charge in [-0.3, -0.25) is 9.69 Å². The molecule has 0 aromatic heterocycles. The molecule has 2 atom stereocenters. The molecule has 2 aliphatic rings. The van der Waals surface area contributed by atoms with E-state index in [0.29, 0.717) is 18.5 Å². The van der Waals surface area contributed by atoms with Gasteiger partial charge >= 0.3 is 0 Å². The molecule has 0 N–H and O–H groups in total. The predicted octanol–water partition coefficient (Wildman–Crippen LogP) is 3.63. The van der Waals surface area contributed by atoms with Gasteiger partial charge in [-0.15, -0.1) is 0 Å². The zero-order valence-electron chi connectivity index (χ0n) is 16.4. The Balaban J connectivity index is 1.71. The highest BCUT2D eigenvalue weighted by Crippen LogP contribution is 2.37. The van der Waals surface area contributed by atoms with Crippen molar-refractivity contribution in [1.82, 2.24) is 9.80 Å². The fourth-order valence-corrected chi connectivity index (χ4v) is 4.47. The summed E-state index contributed by atoms with van der Waals surface area (Å²) in [6, 6.07) is 6.83. The van der Waals surface area contributed by atoms with E-state index in [4.69, 9.17) is 9.47 Å². The number of likely N-dealkylation sites (tertiary alicyclic amines) is 2.